The predicted octanol–water partition coefficient (Wildman–Crippen LogP) is 2.38. The minimum atomic E-state index is 0.698. The topological polar surface area (TPSA) is 42.5 Å². The van der Waals surface area contributed by atoms with Crippen LogP contribution in [0.2, 0.25) is 0 Å². The molecule has 0 fully saturated rings. The summed E-state index contributed by atoms with van der Waals surface area (Å²) < 4.78 is 9.86. The van der Waals surface area contributed by atoms with Crippen molar-refractivity contribution >= 4 is 0 Å². The second-order valence-corrected chi connectivity index (χ2v) is 3.92. The summed E-state index contributed by atoms with van der Waals surface area (Å²) in [5.74, 6) is 0. The van der Waals surface area contributed by atoms with Gasteiger partial charge in [0.05, 0.1) is 13.2 Å². The lowest BCUT2D eigenvalue weighted by Gasteiger charge is -2.06. The monoisotopic (exact) mass is 280 g/mol. The molecule has 0 aromatic carbocycles. The van der Waals surface area contributed by atoms with Gasteiger partial charge in [-0.05, 0) is 23.4 Å². The number of methoxy groups -OCH3 is 2. The fourth-order valence-corrected chi connectivity index (χ4v) is 1.54. The minimum Gasteiger partial charge on any atom is -0.387 e. The molecule has 2 aliphatic rings. The molecule has 2 aliphatic heterocycles. The molecule has 0 spiro atoms. The van der Waals surface area contributed by atoms with E-state index in [-0.39, 0.29) is 0 Å². The Kier molecular flexibility index (Phi) is 12.8. The first-order chi connectivity index (χ1) is 9.86. The summed E-state index contributed by atoms with van der Waals surface area (Å²) in [6, 6.07) is 0. The van der Waals surface area contributed by atoms with Crippen LogP contribution in [0.15, 0.2) is 47.9 Å². The van der Waals surface area contributed by atoms with Crippen LogP contribution in [-0.2, 0) is 9.47 Å². The van der Waals surface area contributed by atoms with E-state index in [9.17, 15) is 0 Å². The van der Waals surface area contributed by atoms with Gasteiger partial charge in [0.2, 0.25) is 0 Å². The SMILES string of the molecule is CC.COCC1=CCNC=C1.COCC1=CNCC=C1. The molecule has 0 atom stereocenters. The van der Waals surface area contributed by atoms with Crippen molar-refractivity contribution in [2.24, 2.45) is 0 Å². The highest BCUT2D eigenvalue weighted by Crippen LogP contribution is 1.99. The van der Waals surface area contributed by atoms with Crippen molar-refractivity contribution in [1.29, 1.82) is 0 Å². The van der Waals surface area contributed by atoms with E-state index in [0.29, 0.717) is 6.61 Å². The smallest absolute Gasteiger partial charge is 0.0726 e. The number of ether oxygens (including phenoxy) is 2. The van der Waals surface area contributed by atoms with Crippen molar-refractivity contribution in [2.45, 2.75) is 13.8 Å². The van der Waals surface area contributed by atoms with E-state index in [2.05, 4.69) is 28.9 Å². The summed E-state index contributed by atoms with van der Waals surface area (Å²) in [7, 11) is 3.40. The molecule has 4 heteroatoms. The average Bonchev–Trinajstić information content (AvgIpc) is 2.53. The van der Waals surface area contributed by atoms with E-state index in [1.165, 1.54) is 11.1 Å². The zero-order valence-corrected chi connectivity index (χ0v) is 13.1. The molecule has 0 aromatic heterocycles. The van der Waals surface area contributed by atoms with Crippen molar-refractivity contribution < 1.29 is 9.47 Å². The molecular formula is C16H28N2O2. The van der Waals surface area contributed by atoms with Crippen LogP contribution in [0.3, 0.4) is 0 Å². The number of hydrogen-bond acceptors (Lipinski definition) is 4. The summed E-state index contributed by atoms with van der Waals surface area (Å²) in [6.45, 7) is 7.28. The average molecular weight is 280 g/mol. The first-order valence-electron chi connectivity index (χ1n) is 7.02. The van der Waals surface area contributed by atoms with Crippen LogP contribution in [0.1, 0.15) is 13.8 Å². The van der Waals surface area contributed by atoms with Gasteiger partial charge in [-0.3, -0.25) is 0 Å². The summed E-state index contributed by atoms with van der Waals surface area (Å²) in [5, 5.41) is 6.15. The molecule has 0 saturated heterocycles. The Morgan fingerprint density at radius 1 is 0.950 bits per heavy atom. The van der Waals surface area contributed by atoms with Gasteiger partial charge >= 0.3 is 0 Å². The molecule has 20 heavy (non-hydrogen) atoms. The zero-order chi connectivity index (χ0) is 15.1. The van der Waals surface area contributed by atoms with Crippen molar-refractivity contribution in [3.63, 3.8) is 0 Å². The van der Waals surface area contributed by atoms with Gasteiger partial charge < -0.3 is 20.1 Å². The Labute approximate surface area is 123 Å². The fraction of sp³-hybridized carbons (Fsp3) is 0.500. The summed E-state index contributed by atoms with van der Waals surface area (Å²) in [5.41, 5.74) is 2.44. The van der Waals surface area contributed by atoms with Crippen LogP contribution >= 0.6 is 0 Å². The third-order valence-corrected chi connectivity index (χ3v) is 2.37. The fourth-order valence-electron chi connectivity index (χ4n) is 1.54. The van der Waals surface area contributed by atoms with Gasteiger partial charge in [0.15, 0.2) is 0 Å². The maximum Gasteiger partial charge on any atom is 0.0726 e. The van der Waals surface area contributed by atoms with Crippen molar-refractivity contribution in [1.82, 2.24) is 10.6 Å². The van der Waals surface area contributed by atoms with Gasteiger partial charge in [-0.15, -0.1) is 0 Å². The third kappa shape index (κ3) is 9.42. The quantitative estimate of drug-likeness (QED) is 0.830. The molecule has 2 N–H and O–H groups in total. The van der Waals surface area contributed by atoms with Crippen molar-refractivity contribution in [3.05, 3.63) is 47.9 Å². The second-order valence-electron chi connectivity index (χ2n) is 3.92. The first kappa shape index (κ1) is 18.5. The molecule has 0 saturated carbocycles. The van der Waals surface area contributed by atoms with Gasteiger partial charge in [0.25, 0.3) is 0 Å². The highest BCUT2D eigenvalue weighted by atomic mass is 16.5. The maximum absolute atomic E-state index is 4.93. The summed E-state index contributed by atoms with van der Waals surface area (Å²) >= 11 is 0. The lowest BCUT2D eigenvalue weighted by molar-refractivity contribution is 0.227. The standard InChI is InChI=1S/2C7H11NO.C2H6/c1-9-6-7-2-4-8-5-3-7;1-9-6-7-3-2-4-8-5-7;1-2/h2-4,8H,5-6H2,1H3;2-3,5,8H,4,6H2,1H3;1-2H3. The van der Waals surface area contributed by atoms with Crippen LogP contribution in [-0.4, -0.2) is 40.5 Å². The van der Waals surface area contributed by atoms with Crippen LogP contribution in [0.5, 0.6) is 0 Å². The normalized spacial score (nSPS) is 15.4. The molecule has 0 bridgehead atoms. The number of nitrogens with one attached hydrogen (secondary N) is 2. The predicted molar refractivity (Wildman–Crippen MR) is 85.6 cm³/mol. The van der Waals surface area contributed by atoms with E-state index >= 15 is 0 Å². The van der Waals surface area contributed by atoms with E-state index < -0.39 is 0 Å². The van der Waals surface area contributed by atoms with Crippen LogP contribution in [0.25, 0.3) is 0 Å². The highest BCUT2D eigenvalue weighted by Gasteiger charge is 1.93. The molecule has 114 valence electrons. The van der Waals surface area contributed by atoms with Gasteiger partial charge in [-0.1, -0.05) is 32.1 Å². The van der Waals surface area contributed by atoms with E-state index in [1.807, 2.05) is 32.3 Å². The number of rotatable bonds is 4. The Hall–Kier alpha value is -1.52. The molecule has 0 aliphatic carbocycles. The Bertz CT molecular complexity index is 310. The summed E-state index contributed by atoms with van der Waals surface area (Å²) in [6.07, 6.45) is 12.2. The van der Waals surface area contributed by atoms with E-state index in [0.717, 1.165) is 19.7 Å². The third-order valence-electron chi connectivity index (χ3n) is 2.37. The van der Waals surface area contributed by atoms with Crippen LogP contribution < -0.4 is 10.6 Å². The molecule has 0 amide bonds. The van der Waals surface area contributed by atoms with Gasteiger partial charge in [0, 0.05) is 33.5 Å². The molecule has 2 heterocycles. The lowest BCUT2D eigenvalue weighted by atomic mass is 10.2. The van der Waals surface area contributed by atoms with Crippen molar-refractivity contribution in [2.75, 3.05) is 40.5 Å². The van der Waals surface area contributed by atoms with Crippen LogP contribution in [0.4, 0.5) is 0 Å². The number of hydrogen-bond donors (Lipinski definition) is 2. The Morgan fingerprint density at radius 2 is 1.65 bits per heavy atom. The van der Waals surface area contributed by atoms with Crippen molar-refractivity contribution in [3.8, 4) is 0 Å². The minimum absolute atomic E-state index is 0.698. The van der Waals surface area contributed by atoms with Gasteiger partial charge in [-0.25, -0.2) is 0 Å². The van der Waals surface area contributed by atoms with Crippen LogP contribution in [0, 0.1) is 0 Å². The molecule has 0 radical (unpaired) electrons. The van der Waals surface area contributed by atoms with Gasteiger partial charge in [0.1, 0.15) is 0 Å². The molecular weight excluding hydrogens is 252 g/mol. The largest absolute Gasteiger partial charge is 0.387 e. The van der Waals surface area contributed by atoms with E-state index in [1.54, 1.807) is 14.2 Å². The maximum atomic E-state index is 4.93. The molecule has 0 unspecified atom stereocenters. The van der Waals surface area contributed by atoms with E-state index in [4.69, 9.17) is 9.47 Å². The Morgan fingerprint density at radius 3 is 2.15 bits per heavy atom. The highest BCUT2D eigenvalue weighted by molar-refractivity contribution is 5.22. The molecule has 4 nitrogen and oxygen atoms in total. The first-order valence-corrected chi connectivity index (χ1v) is 7.02. The molecule has 2 rings (SSSR count). The second kappa shape index (κ2) is 13.9. The zero-order valence-electron chi connectivity index (χ0n) is 13.1. The molecule has 0 aromatic rings. The summed E-state index contributed by atoms with van der Waals surface area (Å²) in [4.78, 5) is 0. The lowest BCUT2D eigenvalue weighted by Crippen LogP contribution is -2.10. The number of dihydropyridines is 2. The Balaban J connectivity index is 0.000000321. The van der Waals surface area contributed by atoms with Gasteiger partial charge in [-0.2, -0.15) is 0 Å².